The summed E-state index contributed by atoms with van der Waals surface area (Å²) in [7, 11) is 0. The summed E-state index contributed by atoms with van der Waals surface area (Å²) in [5.41, 5.74) is -3.88. The van der Waals surface area contributed by atoms with E-state index in [1.807, 2.05) is 0 Å². The molecule has 0 amide bonds. The lowest BCUT2D eigenvalue weighted by Gasteiger charge is -2.19. The Labute approximate surface area is 87.8 Å². The molecule has 9 heteroatoms. The maximum Gasteiger partial charge on any atom is 0.336 e. The molecule has 0 bridgehead atoms. The number of aliphatic hydroxyl groups is 4. The van der Waals surface area contributed by atoms with Gasteiger partial charge in [-0.15, -0.1) is 0 Å². The second kappa shape index (κ2) is 5.88. The van der Waals surface area contributed by atoms with Gasteiger partial charge in [-0.3, -0.25) is 0 Å². The first-order valence-corrected chi connectivity index (χ1v) is 4.55. The van der Waals surface area contributed by atoms with Crippen LogP contribution < -0.4 is 0 Å². The van der Waals surface area contributed by atoms with Crippen LogP contribution in [0.2, 0.25) is 0 Å². The van der Waals surface area contributed by atoms with Gasteiger partial charge >= 0.3 is 11.9 Å². The second-order valence-corrected chi connectivity index (χ2v) is 3.72. The van der Waals surface area contributed by atoms with Crippen LogP contribution in [0, 0.1) is 0 Å². The quantitative estimate of drug-likeness (QED) is 0.272. The third kappa shape index (κ3) is 4.44. The van der Waals surface area contributed by atoms with Gasteiger partial charge in [0, 0.05) is 0 Å². The van der Waals surface area contributed by atoms with E-state index < -0.39 is 35.0 Å². The van der Waals surface area contributed by atoms with Crippen LogP contribution in [-0.2, 0) is 9.59 Å². The molecular weight excluding hydrogens is 232 g/mol. The van der Waals surface area contributed by atoms with Crippen molar-refractivity contribution in [2.75, 3.05) is 0 Å². The smallest absolute Gasteiger partial charge is 0.336 e. The predicted octanol–water partition coefficient (Wildman–Crippen LogP) is -2.75. The van der Waals surface area contributed by atoms with Crippen LogP contribution in [0.25, 0.3) is 0 Å². The molecule has 15 heavy (non-hydrogen) atoms. The molecule has 0 fully saturated rings. The number of hydrogen-bond acceptors (Lipinski definition) is 7. The zero-order valence-corrected chi connectivity index (χ0v) is 8.03. The zero-order valence-electron chi connectivity index (χ0n) is 7.22. The largest absolute Gasteiger partial charge is 0.479 e. The molecule has 4 atom stereocenters. The Morgan fingerprint density at radius 2 is 1.07 bits per heavy atom. The van der Waals surface area contributed by atoms with Gasteiger partial charge in [-0.05, 0) is 0 Å². The van der Waals surface area contributed by atoms with Crippen molar-refractivity contribution in [1.82, 2.24) is 0 Å². The van der Waals surface area contributed by atoms with E-state index in [-0.39, 0.29) is 11.8 Å². The summed E-state index contributed by atoms with van der Waals surface area (Å²) in [6, 6.07) is 0. The lowest BCUT2D eigenvalue weighted by Crippen LogP contribution is -2.37. The summed E-state index contributed by atoms with van der Waals surface area (Å²) in [5, 5.41) is 51.9. The van der Waals surface area contributed by atoms with Crippen LogP contribution in [0.4, 0.5) is 0 Å². The van der Waals surface area contributed by atoms with Crippen LogP contribution in [0.3, 0.4) is 0 Å². The maximum absolute atomic E-state index is 10.1. The van der Waals surface area contributed by atoms with E-state index in [0.29, 0.717) is 0 Å². The zero-order chi connectivity index (χ0) is 12.2. The molecule has 4 unspecified atom stereocenters. The van der Waals surface area contributed by atoms with Gasteiger partial charge in [0.25, 0.3) is 0 Å². The third-order valence-electron chi connectivity index (χ3n) is 1.33. The van der Waals surface area contributed by atoms with E-state index >= 15 is 0 Å². The molecule has 0 saturated carbocycles. The molecule has 0 aliphatic heterocycles. The molecule has 0 spiro atoms. The van der Waals surface area contributed by atoms with E-state index in [4.69, 9.17) is 30.6 Å². The average molecular weight is 242 g/mol. The van der Waals surface area contributed by atoms with Crippen molar-refractivity contribution in [2.45, 2.75) is 23.1 Å². The van der Waals surface area contributed by atoms with Crippen molar-refractivity contribution in [3.8, 4) is 0 Å². The van der Waals surface area contributed by atoms with Gasteiger partial charge in [-0.2, -0.15) is 0 Å². The van der Waals surface area contributed by atoms with Gasteiger partial charge in [0.1, 0.15) is 10.9 Å². The van der Waals surface area contributed by atoms with Gasteiger partial charge in [0.15, 0.2) is 12.2 Å². The minimum atomic E-state index is -2.18. The lowest BCUT2D eigenvalue weighted by molar-refractivity contribution is -0.149. The Morgan fingerprint density at radius 3 is 1.27 bits per heavy atom. The normalized spacial score (nSPS) is 18.9. The second-order valence-electron chi connectivity index (χ2n) is 2.48. The molecule has 0 aliphatic carbocycles. The molecule has 0 aromatic carbocycles. The van der Waals surface area contributed by atoms with E-state index in [2.05, 4.69) is 0 Å². The minimum absolute atomic E-state index is 0.0219. The van der Waals surface area contributed by atoms with Gasteiger partial charge in [-0.1, -0.05) is 11.8 Å². The van der Waals surface area contributed by atoms with E-state index in [1.165, 1.54) is 0 Å². The number of rotatable bonds is 6. The Kier molecular flexibility index (Phi) is 5.54. The number of aliphatic carboxylic acids is 2. The predicted molar refractivity (Wildman–Crippen MR) is 46.9 cm³/mol. The van der Waals surface area contributed by atoms with Crippen LogP contribution in [-0.4, -0.2) is 65.7 Å². The number of hydrogen-bond donors (Lipinski definition) is 6. The van der Waals surface area contributed by atoms with Gasteiger partial charge in [-0.25, -0.2) is 9.59 Å². The van der Waals surface area contributed by atoms with Crippen molar-refractivity contribution in [3.63, 3.8) is 0 Å². The van der Waals surface area contributed by atoms with Crippen molar-refractivity contribution in [3.05, 3.63) is 0 Å². The molecular formula is C6H10O8S. The Bertz CT molecular complexity index is 219. The molecule has 6 N–H and O–H groups in total. The van der Waals surface area contributed by atoms with E-state index in [0.717, 1.165) is 0 Å². The summed E-state index contributed by atoms with van der Waals surface area (Å²) < 4.78 is 0. The Morgan fingerprint density at radius 1 is 0.800 bits per heavy atom. The summed E-state index contributed by atoms with van der Waals surface area (Å²) >= 11 is 0.0219. The maximum atomic E-state index is 10.1. The summed E-state index contributed by atoms with van der Waals surface area (Å²) in [6.45, 7) is 0. The molecule has 0 rings (SSSR count). The number of aliphatic hydroxyl groups excluding tert-OH is 4. The van der Waals surface area contributed by atoms with Crippen LogP contribution in [0.5, 0.6) is 0 Å². The highest BCUT2D eigenvalue weighted by molar-refractivity contribution is 8.00. The molecule has 0 aromatic rings. The molecule has 0 heterocycles. The fraction of sp³-hybridized carbons (Fsp3) is 0.667. The highest BCUT2D eigenvalue weighted by Crippen LogP contribution is 2.19. The molecule has 88 valence electrons. The third-order valence-corrected chi connectivity index (χ3v) is 2.40. The topological polar surface area (TPSA) is 156 Å². The number of carbonyl (C=O) groups is 2. The molecule has 0 aliphatic rings. The Hall–Kier alpha value is -0.870. The number of carboxylic acid groups (broad SMARTS) is 2. The molecule has 0 saturated heterocycles. The first-order chi connectivity index (χ1) is 6.77. The fourth-order valence-electron chi connectivity index (χ4n) is 0.536. The van der Waals surface area contributed by atoms with Crippen molar-refractivity contribution in [1.29, 1.82) is 0 Å². The van der Waals surface area contributed by atoms with Gasteiger partial charge in [0.05, 0.1) is 0 Å². The van der Waals surface area contributed by atoms with Gasteiger partial charge < -0.3 is 30.6 Å². The monoisotopic (exact) mass is 242 g/mol. The average Bonchev–Trinajstić information content (AvgIpc) is 2.14. The Balaban J connectivity index is 4.23. The number of carboxylic acids is 2. The fourth-order valence-corrected chi connectivity index (χ4v) is 1.35. The summed E-state index contributed by atoms with van der Waals surface area (Å²) in [6.07, 6.45) is -4.35. The first-order valence-electron chi connectivity index (χ1n) is 3.60. The lowest BCUT2D eigenvalue weighted by atomic mass is 10.4. The van der Waals surface area contributed by atoms with Crippen LogP contribution >= 0.6 is 11.8 Å². The van der Waals surface area contributed by atoms with E-state index in [9.17, 15) is 9.59 Å². The van der Waals surface area contributed by atoms with Crippen molar-refractivity contribution in [2.24, 2.45) is 0 Å². The SMILES string of the molecule is O=C(O)C(O)C(O)SC(O)C(O)C(=O)O. The summed E-state index contributed by atoms with van der Waals surface area (Å²) in [5.74, 6) is -3.46. The standard InChI is InChI=1S/C6H10O8S/c7-1(3(9)10)5(13)15-6(14)2(8)4(11)12/h1-2,5-8,13-14H,(H,9,10)(H,11,12). The first kappa shape index (κ1) is 14.1. The van der Waals surface area contributed by atoms with Crippen molar-refractivity contribution >= 4 is 23.7 Å². The molecule has 0 radical (unpaired) electrons. The highest BCUT2D eigenvalue weighted by Gasteiger charge is 2.31. The summed E-state index contributed by atoms with van der Waals surface area (Å²) in [4.78, 5) is 20.3. The van der Waals surface area contributed by atoms with Crippen molar-refractivity contribution < 1.29 is 40.2 Å². The van der Waals surface area contributed by atoms with Crippen LogP contribution in [0.15, 0.2) is 0 Å². The molecule has 8 nitrogen and oxygen atoms in total. The van der Waals surface area contributed by atoms with Crippen LogP contribution in [0.1, 0.15) is 0 Å². The molecule has 0 aromatic heterocycles. The minimum Gasteiger partial charge on any atom is -0.479 e. The number of thioether (sulfide) groups is 1. The van der Waals surface area contributed by atoms with Gasteiger partial charge in [0.2, 0.25) is 0 Å². The van der Waals surface area contributed by atoms with E-state index in [1.54, 1.807) is 0 Å². The highest BCUT2D eigenvalue weighted by atomic mass is 32.2.